The highest BCUT2D eigenvalue weighted by atomic mass is 19.2. The number of likely N-dealkylation sites (tertiary alicyclic amines) is 1. The number of fused-ring (bicyclic) bond motifs is 1. The second kappa shape index (κ2) is 1.65. The number of alkyl halides is 2. The van der Waals surface area contributed by atoms with Crippen molar-refractivity contribution in [2.75, 3.05) is 6.54 Å². The molecule has 0 aromatic heterocycles. The molecule has 2 aliphatic rings. The lowest BCUT2D eigenvalue weighted by atomic mass is 10.3. The van der Waals surface area contributed by atoms with Crippen LogP contribution >= 0.6 is 0 Å². The van der Waals surface area contributed by atoms with Crippen LogP contribution in [0.5, 0.6) is 0 Å². The maximum absolute atomic E-state index is 13.0. The number of piperidine rings is 1. The van der Waals surface area contributed by atoms with Crippen molar-refractivity contribution in [3.63, 3.8) is 0 Å². The van der Waals surface area contributed by atoms with E-state index in [1.807, 2.05) is 0 Å². The minimum atomic E-state index is -1.94. The Morgan fingerprint density at radius 1 is 1.73 bits per heavy atom. The number of nitrogens with zero attached hydrogens (tertiary/aromatic N) is 1. The second-order valence-corrected chi connectivity index (χ2v) is 3.10. The summed E-state index contributed by atoms with van der Waals surface area (Å²) in [6.45, 7) is 0.00694. The maximum Gasteiger partial charge on any atom is 0.409 e. The van der Waals surface area contributed by atoms with E-state index >= 15 is 0 Å². The first-order valence-corrected chi connectivity index (χ1v) is 3.38. The summed E-state index contributed by atoms with van der Waals surface area (Å²) >= 11 is 0. The van der Waals surface area contributed by atoms with Crippen LogP contribution in [0.25, 0.3) is 0 Å². The van der Waals surface area contributed by atoms with Gasteiger partial charge in [0.1, 0.15) is 0 Å². The van der Waals surface area contributed by atoms with E-state index in [1.54, 1.807) is 0 Å². The molecule has 0 radical (unpaired) electrons. The minimum Gasteiger partial charge on any atom is -0.465 e. The third-order valence-electron chi connectivity index (χ3n) is 2.41. The molecule has 11 heavy (non-hydrogen) atoms. The van der Waals surface area contributed by atoms with E-state index < -0.39 is 24.0 Å². The molecule has 2 rings (SSSR count). The van der Waals surface area contributed by atoms with E-state index in [0.29, 0.717) is 4.90 Å². The summed E-state index contributed by atoms with van der Waals surface area (Å²) in [7, 11) is 0. The number of carboxylic acid groups (broad SMARTS) is 1. The normalized spacial score (nSPS) is 47.3. The Morgan fingerprint density at radius 3 is 2.64 bits per heavy atom. The molecular formula is C6H7F2NO2. The standard InChI is InChI=1S/C6H7F2NO2/c7-4-6(8)1-3(6)2-9(4)5(10)11/h3-4H,1-2H2,(H,10,11). The van der Waals surface area contributed by atoms with Gasteiger partial charge in [0.2, 0.25) is 6.30 Å². The molecule has 0 bridgehead atoms. The molecule has 1 saturated carbocycles. The minimum absolute atomic E-state index is 0.00694. The van der Waals surface area contributed by atoms with E-state index in [9.17, 15) is 13.6 Å². The third kappa shape index (κ3) is 0.680. The molecule has 1 heterocycles. The molecule has 62 valence electrons. The van der Waals surface area contributed by atoms with Crippen LogP contribution in [0.1, 0.15) is 6.42 Å². The molecule has 5 heteroatoms. The SMILES string of the molecule is O=C(O)N1CC2CC2(F)C1F. The average molecular weight is 163 g/mol. The molecule has 3 nitrogen and oxygen atoms in total. The van der Waals surface area contributed by atoms with Crippen molar-refractivity contribution in [1.82, 2.24) is 4.90 Å². The molecule has 0 aromatic carbocycles. The van der Waals surface area contributed by atoms with Crippen molar-refractivity contribution in [1.29, 1.82) is 0 Å². The fourth-order valence-corrected chi connectivity index (χ4v) is 1.59. The van der Waals surface area contributed by atoms with Crippen molar-refractivity contribution in [3.8, 4) is 0 Å². The summed E-state index contributed by atoms with van der Waals surface area (Å²) in [5, 5.41) is 8.36. The molecule has 1 amide bonds. The molecule has 0 aromatic rings. The van der Waals surface area contributed by atoms with E-state index in [2.05, 4.69) is 0 Å². The van der Waals surface area contributed by atoms with Crippen molar-refractivity contribution in [2.45, 2.75) is 18.4 Å². The zero-order valence-electron chi connectivity index (χ0n) is 5.63. The summed E-state index contributed by atoms with van der Waals surface area (Å²) in [5.74, 6) is -0.395. The zero-order valence-corrected chi connectivity index (χ0v) is 5.63. The van der Waals surface area contributed by atoms with Crippen LogP contribution in [0.4, 0.5) is 13.6 Å². The van der Waals surface area contributed by atoms with Crippen molar-refractivity contribution in [3.05, 3.63) is 0 Å². The number of hydrogen-bond acceptors (Lipinski definition) is 1. The van der Waals surface area contributed by atoms with Gasteiger partial charge < -0.3 is 5.11 Å². The summed E-state index contributed by atoms with van der Waals surface area (Å²) in [4.78, 5) is 10.8. The lowest BCUT2D eigenvalue weighted by Gasteiger charge is -2.18. The summed E-state index contributed by atoms with van der Waals surface area (Å²) < 4.78 is 25.8. The summed E-state index contributed by atoms with van der Waals surface area (Å²) in [6.07, 6.45) is -3.13. The van der Waals surface area contributed by atoms with Crippen molar-refractivity contribution in [2.24, 2.45) is 5.92 Å². The second-order valence-electron chi connectivity index (χ2n) is 3.10. The first-order valence-electron chi connectivity index (χ1n) is 3.38. The van der Waals surface area contributed by atoms with E-state index in [-0.39, 0.29) is 13.0 Å². The van der Waals surface area contributed by atoms with E-state index in [4.69, 9.17) is 5.11 Å². The first kappa shape index (κ1) is 6.82. The van der Waals surface area contributed by atoms with Gasteiger partial charge in [0, 0.05) is 12.5 Å². The van der Waals surface area contributed by atoms with Gasteiger partial charge in [-0.15, -0.1) is 0 Å². The molecule has 3 atom stereocenters. The monoisotopic (exact) mass is 163 g/mol. The van der Waals surface area contributed by atoms with Crippen LogP contribution in [0, 0.1) is 5.92 Å². The smallest absolute Gasteiger partial charge is 0.409 e. The van der Waals surface area contributed by atoms with Crippen molar-refractivity contribution >= 4 is 6.09 Å². The number of amides is 1. The zero-order chi connectivity index (χ0) is 8.22. The number of hydrogen-bond donors (Lipinski definition) is 1. The predicted molar refractivity (Wildman–Crippen MR) is 31.6 cm³/mol. The molecule has 1 aliphatic carbocycles. The topological polar surface area (TPSA) is 40.5 Å². The van der Waals surface area contributed by atoms with Crippen LogP contribution in [0.3, 0.4) is 0 Å². The van der Waals surface area contributed by atoms with Gasteiger partial charge in [-0.05, 0) is 6.42 Å². The Morgan fingerprint density at radius 2 is 2.36 bits per heavy atom. The Bertz CT molecular complexity index is 223. The third-order valence-corrected chi connectivity index (χ3v) is 2.41. The molecule has 1 aliphatic heterocycles. The quantitative estimate of drug-likeness (QED) is 0.541. The highest BCUT2D eigenvalue weighted by Gasteiger charge is 2.69. The Balaban J connectivity index is 2.15. The van der Waals surface area contributed by atoms with Crippen LogP contribution in [0.2, 0.25) is 0 Å². The first-order chi connectivity index (χ1) is 5.05. The van der Waals surface area contributed by atoms with Gasteiger partial charge in [-0.1, -0.05) is 0 Å². The fourth-order valence-electron chi connectivity index (χ4n) is 1.59. The molecule has 1 saturated heterocycles. The van der Waals surface area contributed by atoms with Gasteiger partial charge in [0.05, 0.1) is 0 Å². The van der Waals surface area contributed by atoms with Gasteiger partial charge in [-0.2, -0.15) is 0 Å². The molecule has 1 N–H and O–H groups in total. The van der Waals surface area contributed by atoms with Gasteiger partial charge in [0.15, 0.2) is 5.67 Å². The fraction of sp³-hybridized carbons (Fsp3) is 0.833. The lowest BCUT2D eigenvalue weighted by molar-refractivity contribution is 0.0405. The summed E-state index contributed by atoms with van der Waals surface area (Å²) in [5.41, 5.74) is -1.85. The van der Waals surface area contributed by atoms with Crippen molar-refractivity contribution < 1.29 is 18.7 Å². The van der Waals surface area contributed by atoms with Crippen LogP contribution in [0.15, 0.2) is 0 Å². The Labute approximate surface area is 61.6 Å². The van der Waals surface area contributed by atoms with Gasteiger partial charge in [0.25, 0.3) is 0 Å². The number of halogens is 2. The average Bonchev–Trinajstić information content (AvgIpc) is 2.50. The van der Waals surface area contributed by atoms with E-state index in [1.165, 1.54) is 0 Å². The number of carbonyl (C=O) groups is 1. The highest BCUT2D eigenvalue weighted by molar-refractivity contribution is 5.66. The summed E-state index contributed by atoms with van der Waals surface area (Å²) in [6, 6.07) is 0. The Hall–Kier alpha value is -0.870. The highest BCUT2D eigenvalue weighted by Crippen LogP contribution is 2.57. The number of rotatable bonds is 0. The largest absolute Gasteiger partial charge is 0.465 e. The van der Waals surface area contributed by atoms with Gasteiger partial charge >= 0.3 is 6.09 Å². The maximum atomic E-state index is 13.0. The van der Waals surface area contributed by atoms with Gasteiger partial charge in [-0.3, -0.25) is 4.90 Å². The van der Waals surface area contributed by atoms with Gasteiger partial charge in [-0.25, -0.2) is 13.6 Å². The molecule has 2 fully saturated rings. The molecule has 3 unspecified atom stereocenters. The Kier molecular flexibility index (Phi) is 1.02. The lowest BCUT2D eigenvalue weighted by Crippen LogP contribution is -2.38. The van der Waals surface area contributed by atoms with Crippen LogP contribution < -0.4 is 0 Å². The van der Waals surface area contributed by atoms with Crippen LogP contribution in [-0.4, -0.2) is 34.6 Å². The van der Waals surface area contributed by atoms with Crippen LogP contribution in [-0.2, 0) is 0 Å². The van der Waals surface area contributed by atoms with E-state index in [0.717, 1.165) is 0 Å². The molecule has 0 spiro atoms. The molecular weight excluding hydrogens is 156 g/mol. The predicted octanol–water partition coefficient (Wildman–Crippen LogP) is 1.00.